The minimum absolute atomic E-state index is 0.000589. The Kier molecular flexibility index (Phi) is 7.26. The van der Waals surface area contributed by atoms with Gasteiger partial charge in [0.1, 0.15) is 23.0 Å². The maximum Gasteiger partial charge on any atom is 0.488 e. The van der Waals surface area contributed by atoms with E-state index in [1.807, 2.05) is 0 Å². The standard InChI is InChI=1S/C20H15BrF2O7S2/c1-31(22,24)29-18-10-6-16(7-11-18)27-20(14-2-4-15(21)5-3-14)28-17-8-12-19(13-9-17)30-32(23,25)26/h2-13,20H,1H2. The van der Waals surface area contributed by atoms with Crippen LogP contribution in [0.4, 0.5) is 7.77 Å². The van der Waals surface area contributed by atoms with Crippen LogP contribution in [0.15, 0.2) is 77.3 Å². The summed E-state index contributed by atoms with van der Waals surface area (Å²) in [5.74, 6) is 3.14. The van der Waals surface area contributed by atoms with Crippen LogP contribution in [0, 0.1) is 0 Å². The lowest BCUT2D eigenvalue weighted by molar-refractivity contribution is 0.00375. The minimum atomic E-state index is -5.14. The summed E-state index contributed by atoms with van der Waals surface area (Å²) in [5.41, 5.74) is 0.629. The van der Waals surface area contributed by atoms with Crippen molar-refractivity contribution in [3.05, 3.63) is 82.8 Å². The lowest BCUT2D eigenvalue weighted by Gasteiger charge is -2.21. The number of hydrogen-bond donors (Lipinski definition) is 0. The van der Waals surface area contributed by atoms with Crippen molar-refractivity contribution < 1.29 is 38.2 Å². The number of halogens is 3. The SMILES string of the molecule is C=S(=O)(F)Oc1ccc(OC(Oc2ccc(OS(=O)(=O)F)cc2)c2ccc(Br)cc2)cc1. The van der Waals surface area contributed by atoms with Gasteiger partial charge in [-0.2, -0.15) is 12.6 Å². The normalized spacial score (nSPS) is 14.1. The number of benzene rings is 3. The molecule has 12 heteroatoms. The van der Waals surface area contributed by atoms with Gasteiger partial charge in [0, 0.05) is 15.9 Å². The van der Waals surface area contributed by atoms with Crippen molar-refractivity contribution in [2.75, 3.05) is 0 Å². The highest BCUT2D eigenvalue weighted by Crippen LogP contribution is 2.29. The molecule has 0 fully saturated rings. The molecule has 0 heterocycles. The topological polar surface area (TPSA) is 88.1 Å². The molecule has 0 radical (unpaired) electrons. The molecule has 0 aliphatic heterocycles. The largest absolute Gasteiger partial charge is 0.488 e. The quantitative estimate of drug-likeness (QED) is 0.209. The van der Waals surface area contributed by atoms with Gasteiger partial charge in [0.25, 0.3) is 16.5 Å². The summed E-state index contributed by atoms with van der Waals surface area (Å²) in [4.78, 5) is 0. The van der Waals surface area contributed by atoms with Crippen LogP contribution in [-0.2, 0) is 20.7 Å². The fourth-order valence-electron chi connectivity index (χ4n) is 2.43. The maximum atomic E-state index is 13.1. The molecule has 2 atom stereocenters. The van der Waals surface area contributed by atoms with Crippen LogP contribution in [0.3, 0.4) is 0 Å². The highest BCUT2D eigenvalue weighted by Gasteiger charge is 2.17. The van der Waals surface area contributed by atoms with E-state index in [0.717, 1.165) is 4.47 Å². The van der Waals surface area contributed by atoms with Gasteiger partial charge in [-0.05, 0) is 60.7 Å². The second kappa shape index (κ2) is 9.76. The third-order valence-electron chi connectivity index (χ3n) is 3.69. The maximum absolute atomic E-state index is 13.1. The predicted molar refractivity (Wildman–Crippen MR) is 119 cm³/mol. The number of rotatable bonds is 9. The van der Waals surface area contributed by atoms with E-state index >= 15 is 0 Å². The molecule has 2 unspecified atom stereocenters. The van der Waals surface area contributed by atoms with Gasteiger partial charge >= 0.3 is 10.5 Å². The highest BCUT2D eigenvalue weighted by molar-refractivity contribution is 9.10. The average Bonchev–Trinajstić information content (AvgIpc) is 2.69. The molecule has 32 heavy (non-hydrogen) atoms. The van der Waals surface area contributed by atoms with Gasteiger partial charge in [0.2, 0.25) is 0 Å². The lowest BCUT2D eigenvalue weighted by atomic mass is 10.2. The van der Waals surface area contributed by atoms with Crippen LogP contribution in [0.5, 0.6) is 23.0 Å². The van der Waals surface area contributed by atoms with Crippen LogP contribution in [-0.4, -0.2) is 18.5 Å². The van der Waals surface area contributed by atoms with Gasteiger partial charge in [-0.25, -0.2) is 0 Å². The average molecular weight is 549 g/mol. The van der Waals surface area contributed by atoms with Gasteiger partial charge < -0.3 is 17.8 Å². The van der Waals surface area contributed by atoms with Crippen LogP contribution >= 0.6 is 15.9 Å². The Balaban J connectivity index is 1.80. The van der Waals surface area contributed by atoms with Gasteiger partial charge in [-0.15, -0.1) is 3.89 Å². The summed E-state index contributed by atoms with van der Waals surface area (Å²) in [6.45, 7) is 0. The zero-order chi connectivity index (χ0) is 23.4. The minimum Gasteiger partial charge on any atom is -0.451 e. The van der Waals surface area contributed by atoms with Crippen molar-refractivity contribution in [2.24, 2.45) is 0 Å². The van der Waals surface area contributed by atoms with E-state index in [9.17, 15) is 20.4 Å². The van der Waals surface area contributed by atoms with E-state index in [2.05, 4.69) is 30.2 Å². The van der Waals surface area contributed by atoms with E-state index in [4.69, 9.17) is 9.47 Å². The molecule has 0 N–H and O–H groups in total. The molecular weight excluding hydrogens is 534 g/mol. The van der Waals surface area contributed by atoms with E-state index in [-0.39, 0.29) is 17.2 Å². The number of ether oxygens (including phenoxy) is 2. The smallest absolute Gasteiger partial charge is 0.451 e. The summed E-state index contributed by atoms with van der Waals surface area (Å²) >= 11 is 3.34. The molecule has 0 spiro atoms. The first-order valence-corrected chi connectivity index (χ1v) is 12.3. The molecule has 3 aromatic carbocycles. The monoisotopic (exact) mass is 548 g/mol. The summed E-state index contributed by atoms with van der Waals surface area (Å²) in [6, 6.07) is 17.8. The molecule has 0 saturated carbocycles. The third-order valence-corrected chi connectivity index (χ3v) is 5.05. The third kappa shape index (κ3) is 7.70. The van der Waals surface area contributed by atoms with Crippen LogP contribution in [0.1, 0.15) is 11.9 Å². The van der Waals surface area contributed by atoms with Gasteiger partial charge in [0.05, 0.1) is 0 Å². The first-order chi connectivity index (χ1) is 15.0. The Hall–Kier alpha value is -2.83. The zero-order valence-electron chi connectivity index (χ0n) is 16.0. The van der Waals surface area contributed by atoms with Crippen molar-refractivity contribution in [2.45, 2.75) is 6.29 Å². The molecule has 3 aromatic rings. The molecule has 7 nitrogen and oxygen atoms in total. The molecule has 3 rings (SSSR count). The van der Waals surface area contributed by atoms with Crippen molar-refractivity contribution in [3.63, 3.8) is 0 Å². The van der Waals surface area contributed by atoms with Crippen molar-refractivity contribution in [1.82, 2.24) is 0 Å². The van der Waals surface area contributed by atoms with Crippen LogP contribution in [0.25, 0.3) is 0 Å². The summed E-state index contributed by atoms with van der Waals surface area (Å²) in [5, 5.41) is 0. The number of hydrogen-bond acceptors (Lipinski definition) is 7. The molecule has 0 aliphatic carbocycles. The zero-order valence-corrected chi connectivity index (χ0v) is 19.2. The summed E-state index contributed by atoms with van der Waals surface area (Å²) in [6.07, 6.45) is -0.954. The van der Waals surface area contributed by atoms with Gasteiger partial charge in [-0.1, -0.05) is 31.9 Å². The first-order valence-electron chi connectivity index (χ1n) is 8.66. The Morgan fingerprint density at radius 2 is 1.09 bits per heavy atom. The molecule has 170 valence electrons. The summed E-state index contributed by atoms with van der Waals surface area (Å²) < 4.78 is 79.2. The molecule has 0 aromatic heterocycles. The van der Waals surface area contributed by atoms with Crippen LogP contribution < -0.4 is 17.8 Å². The summed E-state index contributed by atoms with van der Waals surface area (Å²) in [7, 11) is -9.30. The van der Waals surface area contributed by atoms with E-state index in [0.29, 0.717) is 11.3 Å². The van der Waals surface area contributed by atoms with Crippen molar-refractivity contribution in [1.29, 1.82) is 0 Å². The van der Waals surface area contributed by atoms with Crippen molar-refractivity contribution in [3.8, 4) is 23.0 Å². The van der Waals surface area contributed by atoms with Gasteiger partial charge in [0.15, 0.2) is 0 Å². The van der Waals surface area contributed by atoms with Gasteiger partial charge in [-0.3, -0.25) is 0 Å². The molecule has 0 amide bonds. The fraction of sp³-hybridized carbons (Fsp3) is 0.0500. The molecule has 0 bridgehead atoms. The Morgan fingerprint density at radius 3 is 1.50 bits per heavy atom. The molecule has 0 aliphatic rings. The lowest BCUT2D eigenvalue weighted by Crippen LogP contribution is -2.15. The van der Waals surface area contributed by atoms with E-state index < -0.39 is 27.0 Å². The Labute approximate surface area is 192 Å². The first kappa shape index (κ1) is 23.8. The predicted octanol–water partition coefficient (Wildman–Crippen LogP) is 5.09. The van der Waals surface area contributed by atoms with Crippen molar-refractivity contribution >= 4 is 42.5 Å². The second-order valence-corrected chi connectivity index (χ2v) is 9.27. The highest BCUT2D eigenvalue weighted by atomic mass is 79.9. The van der Waals surface area contributed by atoms with E-state index in [1.54, 1.807) is 24.3 Å². The van der Waals surface area contributed by atoms with E-state index in [1.165, 1.54) is 48.5 Å². The molecule has 0 saturated heterocycles. The Bertz CT molecular complexity index is 1180. The fourth-order valence-corrected chi connectivity index (χ4v) is 3.44. The van der Waals surface area contributed by atoms with Crippen LogP contribution in [0.2, 0.25) is 0 Å². The molecular formula is C20H15BrF2O7S2. The Morgan fingerprint density at radius 1 is 0.688 bits per heavy atom. The second-order valence-electron chi connectivity index (χ2n) is 6.16.